The zero-order valence-electron chi connectivity index (χ0n) is 38.0. The minimum absolute atomic E-state index is 0.00522. The van der Waals surface area contributed by atoms with Gasteiger partial charge < -0.3 is 9.47 Å². The van der Waals surface area contributed by atoms with Gasteiger partial charge in [0, 0.05) is 22.3 Å². The third-order valence-electron chi connectivity index (χ3n) is 13.8. The summed E-state index contributed by atoms with van der Waals surface area (Å²) in [7, 11) is 0. The van der Waals surface area contributed by atoms with Crippen LogP contribution in [-0.2, 0) is 16.4 Å². The van der Waals surface area contributed by atoms with Gasteiger partial charge in [-0.1, -0.05) is 179 Å². The van der Waals surface area contributed by atoms with Crippen molar-refractivity contribution < 1.29 is 19.1 Å². The van der Waals surface area contributed by atoms with E-state index in [0.717, 1.165) is 40.8 Å². The number of rotatable bonds is 14. The summed E-state index contributed by atoms with van der Waals surface area (Å²) in [4.78, 5) is 26.6. The molecule has 4 heteroatoms. The van der Waals surface area contributed by atoms with E-state index in [9.17, 15) is 9.59 Å². The Balaban J connectivity index is 0.981. The van der Waals surface area contributed by atoms with E-state index in [2.05, 4.69) is 132 Å². The normalized spacial score (nSPS) is 13.6. The van der Waals surface area contributed by atoms with Crippen LogP contribution in [0.3, 0.4) is 0 Å². The molecule has 0 saturated carbocycles. The average Bonchev–Trinajstić information content (AvgIpc) is 3.65. The number of fused-ring (bicyclic) bond motifs is 3. The second-order valence-corrected chi connectivity index (χ2v) is 18.1. The summed E-state index contributed by atoms with van der Waals surface area (Å²) in [5.74, 6) is 2.11. The molecule has 0 fully saturated rings. The van der Waals surface area contributed by atoms with Crippen molar-refractivity contribution in [3.8, 4) is 28.4 Å². The maximum atomic E-state index is 13.4. The summed E-state index contributed by atoms with van der Waals surface area (Å²) < 4.78 is 13.2. The molecule has 0 aromatic heterocycles. The number of aryl methyl sites for hydroxylation is 1. The van der Waals surface area contributed by atoms with Gasteiger partial charge in [-0.3, -0.25) is 9.59 Å². The minimum Gasteiger partial charge on any atom is -0.483 e. The number of carbonyl (C=O) groups excluding carboxylic acids is 2. The van der Waals surface area contributed by atoms with Crippen LogP contribution in [-0.4, -0.2) is 11.6 Å². The predicted molar refractivity (Wildman–Crippen MR) is 263 cm³/mol. The van der Waals surface area contributed by atoms with Gasteiger partial charge in [-0.05, 0) is 125 Å². The maximum Gasteiger partial charge on any atom is 0.193 e. The van der Waals surface area contributed by atoms with Crippen LogP contribution in [0.15, 0.2) is 194 Å². The lowest BCUT2D eigenvalue weighted by atomic mass is 9.67. The number of carbonyl (C=O) groups is 2. The van der Waals surface area contributed by atoms with E-state index < -0.39 is 11.0 Å². The molecule has 9 rings (SSSR count). The van der Waals surface area contributed by atoms with Crippen LogP contribution >= 0.6 is 0 Å². The first-order valence-electron chi connectivity index (χ1n) is 22.7. The molecule has 8 aromatic carbocycles. The summed E-state index contributed by atoms with van der Waals surface area (Å²) in [6, 6.07) is 65.2. The highest BCUT2D eigenvalue weighted by atomic mass is 16.5. The standard InChI is InChI=1S/C61H54O4/c1-7-59(4,5)46-27-21-43(22-28-46)58(63)45-25-35-50(36-26-45)64-51-37-31-48(32-38-51)61(55-15-11-9-13-53(55)54-14-10-12-16-56(54)61)49-33-39-52(40-34-49)65-60(6,8-2)47-29-23-44(24-30-47)57(62)42-19-17-41(3)18-20-42/h9-40H,7-8H2,1-6H3. The van der Waals surface area contributed by atoms with Crippen molar-refractivity contribution in [3.63, 3.8) is 0 Å². The number of benzene rings is 8. The molecule has 8 aromatic rings. The van der Waals surface area contributed by atoms with Gasteiger partial charge >= 0.3 is 0 Å². The Hall–Kier alpha value is -7.30. The topological polar surface area (TPSA) is 52.6 Å². The third kappa shape index (κ3) is 7.99. The van der Waals surface area contributed by atoms with Crippen LogP contribution < -0.4 is 9.47 Å². The van der Waals surface area contributed by atoms with Crippen LogP contribution in [0.5, 0.6) is 17.2 Å². The van der Waals surface area contributed by atoms with E-state index in [-0.39, 0.29) is 17.0 Å². The van der Waals surface area contributed by atoms with Crippen LogP contribution in [0.1, 0.15) is 118 Å². The minimum atomic E-state index is -0.624. The lowest BCUT2D eigenvalue weighted by molar-refractivity contribution is 0.0824. The molecule has 1 aliphatic rings. The van der Waals surface area contributed by atoms with Gasteiger partial charge in [0.15, 0.2) is 11.6 Å². The molecule has 65 heavy (non-hydrogen) atoms. The Morgan fingerprint density at radius 3 is 1.28 bits per heavy atom. The molecule has 1 atom stereocenters. The number of hydrogen-bond acceptors (Lipinski definition) is 4. The molecule has 0 amide bonds. The Labute approximate surface area is 383 Å². The Morgan fingerprint density at radius 2 is 0.831 bits per heavy atom. The van der Waals surface area contributed by atoms with E-state index in [0.29, 0.717) is 33.8 Å². The highest BCUT2D eigenvalue weighted by Crippen LogP contribution is 2.56. The van der Waals surface area contributed by atoms with Crippen LogP contribution in [0.25, 0.3) is 11.1 Å². The zero-order valence-corrected chi connectivity index (χ0v) is 38.0. The van der Waals surface area contributed by atoms with Gasteiger partial charge in [0.1, 0.15) is 22.8 Å². The van der Waals surface area contributed by atoms with Crippen molar-refractivity contribution in [1.82, 2.24) is 0 Å². The van der Waals surface area contributed by atoms with Crippen molar-refractivity contribution in [2.45, 2.75) is 70.8 Å². The van der Waals surface area contributed by atoms with E-state index in [1.807, 2.05) is 104 Å². The Morgan fingerprint density at radius 1 is 0.446 bits per heavy atom. The molecule has 1 unspecified atom stereocenters. The summed E-state index contributed by atoms with van der Waals surface area (Å²) in [5.41, 5.74) is 11.9. The highest BCUT2D eigenvalue weighted by molar-refractivity contribution is 6.09. The molecule has 322 valence electrons. The molecule has 0 saturated heterocycles. The first-order chi connectivity index (χ1) is 31.4. The van der Waals surface area contributed by atoms with Crippen molar-refractivity contribution in [3.05, 3.63) is 255 Å². The number of ether oxygens (including phenoxy) is 2. The molecule has 0 bridgehead atoms. The quantitative estimate of drug-likeness (QED) is 0.102. The monoisotopic (exact) mass is 850 g/mol. The fourth-order valence-corrected chi connectivity index (χ4v) is 9.26. The van der Waals surface area contributed by atoms with Crippen molar-refractivity contribution >= 4 is 11.6 Å². The maximum absolute atomic E-state index is 13.4. The zero-order chi connectivity index (χ0) is 45.3. The Kier molecular flexibility index (Phi) is 11.5. The molecule has 0 N–H and O–H groups in total. The summed E-state index contributed by atoms with van der Waals surface area (Å²) in [6.07, 6.45) is 1.75. The van der Waals surface area contributed by atoms with Crippen molar-refractivity contribution in [2.24, 2.45) is 0 Å². The first-order valence-corrected chi connectivity index (χ1v) is 22.7. The van der Waals surface area contributed by atoms with Gasteiger partial charge in [0.2, 0.25) is 0 Å². The van der Waals surface area contributed by atoms with E-state index in [4.69, 9.17) is 9.47 Å². The SMILES string of the molecule is CCC(C)(C)c1ccc(C(=O)c2ccc(Oc3ccc(C4(c5ccc(OC(C)(CC)c6ccc(C(=O)c7ccc(C)cc7)cc6)cc5)c5ccccc5-c5ccccc54)cc3)cc2)cc1. The number of ketones is 2. The van der Waals surface area contributed by atoms with Crippen molar-refractivity contribution in [1.29, 1.82) is 0 Å². The van der Waals surface area contributed by atoms with Gasteiger partial charge in [0.25, 0.3) is 0 Å². The third-order valence-corrected chi connectivity index (χ3v) is 13.8. The van der Waals surface area contributed by atoms with E-state index >= 15 is 0 Å². The highest BCUT2D eigenvalue weighted by Gasteiger charge is 2.46. The van der Waals surface area contributed by atoms with Gasteiger partial charge in [0.05, 0.1) is 5.41 Å². The summed E-state index contributed by atoms with van der Waals surface area (Å²) in [6.45, 7) is 12.9. The fraction of sp³-hybridized carbons (Fsp3) is 0.180. The van der Waals surface area contributed by atoms with Gasteiger partial charge in [-0.25, -0.2) is 0 Å². The lowest BCUT2D eigenvalue weighted by Crippen LogP contribution is -2.29. The van der Waals surface area contributed by atoms with Crippen LogP contribution in [0.4, 0.5) is 0 Å². The molecule has 0 radical (unpaired) electrons. The lowest BCUT2D eigenvalue weighted by Gasteiger charge is -2.34. The number of hydrogen-bond donors (Lipinski definition) is 0. The predicted octanol–water partition coefficient (Wildman–Crippen LogP) is 15.0. The average molecular weight is 851 g/mol. The largest absolute Gasteiger partial charge is 0.483 e. The summed E-state index contributed by atoms with van der Waals surface area (Å²) >= 11 is 0. The molecular weight excluding hydrogens is 797 g/mol. The van der Waals surface area contributed by atoms with E-state index in [1.165, 1.54) is 27.8 Å². The smallest absolute Gasteiger partial charge is 0.193 e. The first kappa shape index (κ1) is 43.0. The van der Waals surface area contributed by atoms with Crippen LogP contribution in [0, 0.1) is 6.92 Å². The van der Waals surface area contributed by atoms with Gasteiger partial charge in [-0.15, -0.1) is 0 Å². The fourth-order valence-electron chi connectivity index (χ4n) is 9.26. The molecule has 4 nitrogen and oxygen atoms in total. The second-order valence-electron chi connectivity index (χ2n) is 18.1. The molecule has 0 spiro atoms. The van der Waals surface area contributed by atoms with Crippen molar-refractivity contribution in [2.75, 3.05) is 0 Å². The molecule has 0 aliphatic heterocycles. The summed E-state index contributed by atoms with van der Waals surface area (Å²) in [5, 5.41) is 0. The molecular formula is C61H54O4. The second kappa shape index (κ2) is 17.3. The van der Waals surface area contributed by atoms with Gasteiger partial charge in [-0.2, -0.15) is 0 Å². The molecule has 0 heterocycles. The van der Waals surface area contributed by atoms with Crippen LogP contribution in [0.2, 0.25) is 0 Å². The Bertz CT molecular complexity index is 2930. The van der Waals surface area contributed by atoms with E-state index in [1.54, 1.807) is 0 Å². The molecule has 1 aliphatic carbocycles.